The predicted molar refractivity (Wildman–Crippen MR) is 85.4 cm³/mol. The van der Waals surface area contributed by atoms with Crippen molar-refractivity contribution in [3.8, 4) is 11.6 Å². The molecule has 0 radical (unpaired) electrons. The molecule has 130 valence electrons. The summed E-state index contributed by atoms with van der Waals surface area (Å²) in [5.41, 5.74) is -0.603. The Hall–Kier alpha value is -2.39. The van der Waals surface area contributed by atoms with Crippen LogP contribution in [-0.4, -0.2) is 20.7 Å². The van der Waals surface area contributed by atoms with Crippen LogP contribution in [0.25, 0.3) is 5.69 Å². The zero-order chi connectivity index (χ0) is 18.2. The Labute approximate surface area is 148 Å². The molecule has 0 aliphatic heterocycles. The number of benzene rings is 1. The first kappa shape index (κ1) is 17.4. The summed E-state index contributed by atoms with van der Waals surface area (Å²) in [5, 5.41) is 4.67. The lowest BCUT2D eigenvalue weighted by molar-refractivity contribution is -0.141. The van der Waals surface area contributed by atoms with Crippen LogP contribution in [0.4, 0.5) is 13.2 Å². The third-order valence-electron chi connectivity index (χ3n) is 3.04. The van der Waals surface area contributed by atoms with Gasteiger partial charge in [-0.25, -0.2) is 14.5 Å². The first-order chi connectivity index (χ1) is 11.7. The van der Waals surface area contributed by atoms with Gasteiger partial charge in [-0.2, -0.15) is 13.2 Å². The van der Waals surface area contributed by atoms with Gasteiger partial charge >= 0.3 is 12.1 Å². The Morgan fingerprint density at radius 1 is 1.24 bits per heavy atom. The van der Waals surface area contributed by atoms with Crippen molar-refractivity contribution in [1.82, 2.24) is 14.8 Å². The highest BCUT2D eigenvalue weighted by molar-refractivity contribution is 7.13. The van der Waals surface area contributed by atoms with Crippen molar-refractivity contribution < 1.29 is 22.7 Å². The van der Waals surface area contributed by atoms with E-state index in [1.54, 1.807) is 24.3 Å². The largest absolute Gasteiger partial charge is 0.435 e. The van der Waals surface area contributed by atoms with E-state index in [1.807, 2.05) is 0 Å². The molecule has 0 saturated carbocycles. The Balaban J connectivity index is 1.82. The maximum Gasteiger partial charge on any atom is 0.435 e. The van der Waals surface area contributed by atoms with Gasteiger partial charge in [-0.3, -0.25) is 0 Å². The molecule has 3 aromatic rings. The number of hydrogen-bond acceptors (Lipinski definition) is 5. The molecule has 0 saturated heterocycles. The summed E-state index contributed by atoms with van der Waals surface area (Å²) < 4.78 is 45.1. The fraction of sp³-hybridized carbons (Fsp3) is 0.133. The summed E-state index contributed by atoms with van der Waals surface area (Å²) in [5.74, 6) is -1.28. The van der Waals surface area contributed by atoms with E-state index in [0.717, 1.165) is 0 Å². The molecule has 0 aliphatic rings. The molecule has 0 unspecified atom stereocenters. The molecule has 5 nitrogen and oxygen atoms in total. The zero-order valence-electron chi connectivity index (χ0n) is 12.5. The van der Waals surface area contributed by atoms with Gasteiger partial charge in [-0.15, -0.1) is 16.4 Å². The number of esters is 1. The number of halogens is 4. The number of nitrogens with zero attached hydrogens (tertiary/aromatic N) is 3. The van der Waals surface area contributed by atoms with Crippen LogP contribution in [0, 0.1) is 6.92 Å². The van der Waals surface area contributed by atoms with Crippen molar-refractivity contribution in [2.75, 3.05) is 0 Å². The second-order valence-electron chi connectivity index (χ2n) is 4.87. The highest BCUT2D eigenvalue weighted by Gasteiger charge is 2.40. The second-order valence-corrected chi connectivity index (χ2v) is 6.51. The number of carbonyl (C=O) groups excluding carboxylic acids is 1. The van der Waals surface area contributed by atoms with Crippen LogP contribution in [0.3, 0.4) is 0 Å². The minimum absolute atomic E-state index is 0.117. The molecule has 0 atom stereocenters. The summed E-state index contributed by atoms with van der Waals surface area (Å²) in [6.45, 7) is 1.38. The molecule has 0 fully saturated rings. The van der Waals surface area contributed by atoms with Crippen LogP contribution in [0.5, 0.6) is 5.88 Å². The normalized spacial score (nSPS) is 11.6. The monoisotopic (exact) mass is 387 g/mol. The van der Waals surface area contributed by atoms with Gasteiger partial charge in [0.15, 0.2) is 5.69 Å². The fourth-order valence-electron chi connectivity index (χ4n) is 2.00. The predicted octanol–water partition coefficient (Wildman–Crippen LogP) is 4.53. The molecule has 2 aromatic heterocycles. The molecule has 25 heavy (non-hydrogen) atoms. The zero-order valence-corrected chi connectivity index (χ0v) is 14.1. The Morgan fingerprint density at radius 2 is 1.92 bits per heavy atom. The van der Waals surface area contributed by atoms with Crippen LogP contribution in [0.2, 0.25) is 5.02 Å². The van der Waals surface area contributed by atoms with E-state index < -0.39 is 22.7 Å². The van der Waals surface area contributed by atoms with Crippen molar-refractivity contribution in [3.63, 3.8) is 0 Å². The third kappa shape index (κ3) is 3.83. The van der Waals surface area contributed by atoms with E-state index >= 15 is 0 Å². The van der Waals surface area contributed by atoms with Gasteiger partial charge < -0.3 is 4.74 Å². The molecule has 0 bridgehead atoms. The SMILES string of the molecule is Cc1nc(C(F)(F)F)c(C(=O)Oc2ccn(-c3ccc(Cl)cc3)n2)s1. The van der Waals surface area contributed by atoms with Crippen LogP contribution < -0.4 is 4.74 Å². The molecule has 2 heterocycles. The minimum atomic E-state index is -4.73. The maximum absolute atomic E-state index is 12.9. The lowest BCUT2D eigenvalue weighted by Crippen LogP contribution is -2.15. The van der Waals surface area contributed by atoms with Gasteiger partial charge in [0.05, 0.1) is 10.7 Å². The van der Waals surface area contributed by atoms with Gasteiger partial charge in [0.1, 0.15) is 4.88 Å². The molecule has 0 spiro atoms. The van der Waals surface area contributed by atoms with E-state index in [2.05, 4.69) is 10.1 Å². The van der Waals surface area contributed by atoms with E-state index in [1.165, 1.54) is 23.9 Å². The summed E-state index contributed by atoms with van der Waals surface area (Å²) in [6, 6.07) is 8.05. The first-order valence-corrected chi connectivity index (χ1v) is 8.02. The lowest BCUT2D eigenvalue weighted by Gasteiger charge is -2.05. The van der Waals surface area contributed by atoms with Crippen molar-refractivity contribution in [2.24, 2.45) is 0 Å². The lowest BCUT2D eigenvalue weighted by atomic mass is 10.3. The van der Waals surface area contributed by atoms with Gasteiger partial charge in [-0.05, 0) is 31.2 Å². The van der Waals surface area contributed by atoms with Gasteiger partial charge in [0.2, 0.25) is 5.88 Å². The molecule has 0 N–H and O–H groups in total. The van der Waals surface area contributed by atoms with Gasteiger partial charge in [-0.1, -0.05) is 11.6 Å². The van der Waals surface area contributed by atoms with Gasteiger partial charge in [0.25, 0.3) is 0 Å². The highest BCUT2D eigenvalue weighted by atomic mass is 35.5. The average Bonchev–Trinajstić information content (AvgIpc) is 3.14. The first-order valence-electron chi connectivity index (χ1n) is 6.82. The summed E-state index contributed by atoms with van der Waals surface area (Å²) in [6.07, 6.45) is -3.23. The summed E-state index contributed by atoms with van der Waals surface area (Å²) in [7, 11) is 0. The maximum atomic E-state index is 12.9. The number of alkyl halides is 3. The molecule has 0 aliphatic carbocycles. The van der Waals surface area contributed by atoms with E-state index in [0.29, 0.717) is 22.0 Å². The quantitative estimate of drug-likeness (QED) is 0.620. The van der Waals surface area contributed by atoms with Crippen molar-refractivity contribution >= 4 is 28.9 Å². The molecular formula is C15H9ClF3N3O2S. The molecular weight excluding hydrogens is 379 g/mol. The van der Waals surface area contributed by atoms with Crippen molar-refractivity contribution in [1.29, 1.82) is 0 Å². The van der Waals surface area contributed by atoms with Crippen LogP contribution in [-0.2, 0) is 6.18 Å². The second kappa shape index (κ2) is 6.49. The van der Waals surface area contributed by atoms with Crippen molar-refractivity contribution in [3.05, 3.63) is 57.1 Å². The smallest absolute Gasteiger partial charge is 0.402 e. The number of aryl methyl sites for hydroxylation is 1. The highest BCUT2D eigenvalue weighted by Crippen LogP contribution is 2.34. The molecule has 1 aromatic carbocycles. The standard InChI is InChI=1S/C15H9ClF3N3O2S/c1-8-20-13(15(17,18)19)12(25-8)14(23)24-11-6-7-22(21-11)10-4-2-9(16)3-5-10/h2-7H,1H3. The number of thiazole rings is 1. The number of hydrogen-bond donors (Lipinski definition) is 0. The van der Waals surface area contributed by atoms with E-state index in [4.69, 9.17) is 16.3 Å². The van der Waals surface area contributed by atoms with E-state index in [-0.39, 0.29) is 10.9 Å². The molecule has 10 heteroatoms. The van der Waals surface area contributed by atoms with Crippen LogP contribution >= 0.6 is 22.9 Å². The summed E-state index contributed by atoms with van der Waals surface area (Å²) >= 11 is 6.42. The number of aromatic nitrogens is 3. The summed E-state index contributed by atoms with van der Waals surface area (Å²) in [4.78, 5) is 14.8. The Bertz CT molecular complexity index is 919. The van der Waals surface area contributed by atoms with Crippen LogP contribution in [0.1, 0.15) is 20.4 Å². The fourth-order valence-corrected chi connectivity index (χ4v) is 2.94. The average molecular weight is 388 g/mol. The number of ether oxygens (including phenoxy) is 1. The third-order valence-corrected chi connectivity index (χ3v) is 4.24. The number of rotatable bonds is 3. The van der Waals surface area contributed by atoms with Gasteiger partial charge in [0, 0.05) is 17.3 Å². The minimum Gasteiger partial charge on any atom is -0.402 e. The number of carbonyl (C=O) groups is 1. The van der Waals surface area contributed by atoms with E-state index in [9.17, 15) is 18.0 Å². The topological polar surface area (TPSA) is 57.0 Å². The Morgan fingerprint density at radius 3 is 2.56 bits per heavy atom. The van der Waals surface area contributed by atoms with Crippen LogP contribution in [0.15, 0.2) is 36.5 Å². The molecule has 3 rings (SSSR count). The molecule has 0 amide bonds. The Kier molecular flexibility index (Phi) is 4.53. The van der Waals surface area contributed by atoms with Crippen molar-refractivity contribution in [2.45, 2.75) is 13.1 Å².